The minimum absolute atomic E-state index is 0.0420. The number of rotatable bonds is 4. The first-order chi connectivity index (χ1) is 14.4. The van der Waals surface area contributed by atoms with E-state index in [1.165, 1.54) is 40.9 Å². The lowest BCUT2D eigenvalue weighted by molar-refractivity contribution is -0.115. The van der Waals surface area contributed by atoms with E-state index in [1.54, 1.807) is 42.5 Å². The van der Waals surface area contributed by atoms with Gasteiger partial charge in [-0.3, -0.25) is 14.5 Å². The van der Waals surface area contributed by atoms with E-state index >= 15 is 0 Å². The van der Waals surface area contributed by atoms with Gasteiger partial charge in [0.2, 0.25) is 5.91 Å². The first-order valence-electron chi connectivity index (χ1n) is 9.29. The minimum atomic E-state index is -0.594. The number of hydrogen-bond donors (Lipinski definition) is 1. The van der Waals surface area contributed by atoms with Crippen LogP contribution in [0.5, 0.6) is 0 Å². The van der Waals surface area contributed by atoms with E-state index < -0.39 is 17.5 Å². The quantitative estimate of drug-likeness (QED) is 0.618. The van der Waals surface area contributed by atoms with Crippen LogP contribution >= 0.6 is 11.8 Å². The Labute approximate surface area is 176 Å². The van der Waals surface area contributed by atoms with E-state index in [1.807, 2.05) is 6.92 Å². The second kappa shape index (κ2) is 8.28. The largest absolute Gasteiger partial charge is 0.322 e. The molecule has 0 unspecified atom stereocenters. The average Bonchev–Trinajstić information content (AvgIpc) is 3.12. The summed E-state index contributed by atoms with van der Waals surface area (Å²) in [6.45, 7) is 1.85. The van der Waals surface area contributed by atoms with Gasteiger partial charge in [0.25, 0.3) is 5.91 Å². The Hall–Kier alpha value is -3.19. The first-order valence-corrected chi connectivity index (χ1v) is 10.3. The number of hydrogen-bond acceptors (Lipinski definition) is 3. The van der Waals surface area contributed by atoms with Gasteiger partial charge in [0, 0.05) is 5.69 Å². The van der Waals surface area contributed by atoms with Crippen molar-refractivity contribution in [1.29, 1.82) is 0 Å². The normalized spacial score (nSPS) is 16.0. The summed E-state index contributed by atoms with van der Waals surface area (Å²) >= 11 is 1.41. The zero-order valence-corrected chi connectivity index (χ0v) is 16.9. The number of carbonyl (C=O) groups is 2. The number of carbonyl (C=O) groups excluding carboxylic acids is 2. The van der Waals surface area contributed by atoms with E-state index in [2.05, 4.69) is 5.32 Å². The molecule has 0 radical (unpaired) electrons. The number of halogens is 2. The molecule has 0 bridgehead atoms. The Morgan fingerprint density at radius 1 is 1.03 bits per heavy atom. The zero-order valence-electron chi connectivity index (χ0n) is 16.1. The van der Waals surface area contributed by atoms with Crippen molar-refractivity contribution in [3.8, 4) is 0 Å². The molecule has 3 aromatic rings. The van der Waals surface area contributed by atoms with Gasteiger partial charge in [-0.1, -0.05) is 30.3 Å². The van der Waals surface area contributed by atoms with Gasteiger partial charge in [-0.15, -0.1) is 11.8 Å². The summed E-state index contributed by atoms with van der Waals surface area (Å²) in [5.41, 5.74) is 2.37. The molecule has 1 fully saturated rings. The summed E-state index contributed by atoms with van der Waals surface area (Å²) < 4.78 is 28.2. The summed E-state index contributed by atoms with van der Waals surface area (Å²) in [5, 5.41) is 2.29. The Balaban J connectivity index is 1.56. The lowest BCUT2D eigenvalue weighted by atomic mass is 10.1. The fourth-order valence-electron chi connectivity index (χ4n) is 3.31. The highest BCUT2D eigenvalue weighted by Crippen LogP contribution is 2.43. The van der Waals surface area contributed by atoms with Crippen molar-refractivity contribution < 1.29 is 18.4 Å². The standard InChI is InChI=1S/C23H18F2N2O2S/c1-14-6-11-19(25)20(12-14)27-21(28)13-30-23(27)15-7-9-16(10-8-15)26-22(29)17-4-2-3-5-18(17)24/h2-12,23H,13H2,1H3,(H,26,29)/t23-/m0/s1. The van der Waals surface area contributed by atoms with Crippen LogP contribution in [0.2, 0.25) is 0 Å². The molecule has 0 saturated carbocycles. The van der Waals surface area contributed by atoms with Crippen molar-refractivity contribution in [3.63, 3.8) is 0 Å². The maximum Gasteiger partial charge on any atom is 0.258 e. The molecule has 3 aromatic carbocycles. The third-order valence-electron chi connectivity index (χ3n) is 4.80. The maximum atomic E-state index is 14.4. The van der Waals surface area contributed by atoms with Gasteiger partial charge in [0.1, 0.15) is 17.0 Å². The molecule has 1 saturated heterocycles. The molecule has 0 spiro atoms. The summed E-state index contributed by atoms with van der Waals surface area (Å²) in [6, 6.07) is 17.3. The molecule has 1 heterocycles. The van der Waals surface area contributed by atoms with Crippen molar-refractivity contribution in [2.45, 2.75) is 12.3 Å². The zero-order chi connectivity index (χ0) is 21.3. The second-order valence-electron chi connectivity index (χ2n) is 6.94. The van der Waals surface area contributed by atoms with Gasteiger partial charge in [0.05, 0.1) is 17.0 Å². The Bertz CT molecular complexity index is 1120. The van der Waals surface area contributed by atoms with Crippen LogP contribution in [-0.2, 0) is 4.79 Å². The van der Waals surface area contributed by atoms with Crippen LogP contribution in [0.15, 0.2) is 66.7 Å². The van der Waals surface area contributed by atoms with Gasteiger partial charge in [-0.25, -0.2) is 8.78 Å². The lowest BCUT2D eigenvalue weighted by Crippen LogP contribution is -2.28. The number of benzene rings is 3. The molecule has 1 aliphatic heterocycles. The maximum absolute atomic E-state index is 14.4. The third-order valence-corrected chi connectivity index (χ3v) is 6.01. The monoisotopic (exact) mass is 424 g/mol. The molecular formula is C23H18F2N2O2S. The van der Waals surface area contributed by atoms with Gasteiger partial charge >= 0.3 is 0 Å². The van der Waals surface area contributed by atoms with Crippen LogP contribution in [-0.4, -0.2) is 17.6 Å². The molecule has 1 atom stereocenters. The third kappa shape index (κ3) is 3.93. The highest BCUT2D eigenvalue weighted by atomic mass is 32.2. The summed E-state index contributed by atoms with van der Waals surface area (Å²) in [5.74, 6) is -1.50. The minimum Gasteiger partial charge on any atom is -0.322 e. The summed E-state index contributed by atoms with van der Waals surface area (Å²) in [4.78, 5) is 26.2. The first kappa shape index (κ1) is 20.1. The van der Waals surface area contributed by atoms with Crippen molar-refractivity contribution in [2.24, 2.45) is 0 Å². The van der Waals surface area contributed by atoms with Crippen molar-refractivity contribution >= 4 is 35.0 Å². The second-order valence-corrected chi connectivity index (χ2v) is 8.01. The topological polar surface area (TPSA) is 49.4 Å². The molecule has 1 N–H and O–H groups in total. The molecular weight excluding hydrogens is 406 g/mol. The van der Waals surface area contributed by atoms with E-state index in [9.17, 15) is 18.4 Å². The Morgan fingerprint density at radius 3 is 2.50 bits per heavy atom. The van der Waals surface area contributed by atoms with Crippen LogP contribution in [0.4, 0.5) is 20.2 Å². The number of aryl methyl sites for hydroxylation is 1. The van der Waals surface area contributed by atoms with Gasteiger partial charge in [-0.05, 0) is 54.4 Å². The van der Waals surface area contributed by atoms with Crippen molar-refractivity contribution in [2.75, 3.05) is 16.0 Å². The Morgan fingerprint density at radius 2 is 1.77 bits per heavy atom. The molecule has 7 heteroatoms. The molecule has 152 valence electrons. The fourth-order valence-corrected chi connectivity index (χ4v) is 4.48. The van der Waals surface area contributed by atoms with Crippen LogP contribution in [0.1, 0.15) is 26.9 Å². The predicted molar refractivity (Wildman–Crippen MR) is 115 cm³/mol. The molecule has 4 nitrogen and oxygen atoms in total. The van der Waals surface area contributed by atoms with Crippen molar-refractivity contribution in [1.82, 2.24) is 0 Å². The number of nitrogens with zero attached hydrogens (tertiary/aromatic N) is 1. The van der Waals surface area contributed by atoms with E-state index in [0.717, 1.165) is 11.1 Å². The van der Waals surface area contributed by atoms with Crippen LogP contribution in [0.3, 0.4) is 0 Å². The van der Waals surface area contributed by atoms with Gasteiger partial charge < -0.3 is 5.32 Å². The van der Waals surface area contributed by atoms with E-state index in [-0.39, 0.29) is 28.3 Å². The Kier molecular flexibility index (Phi) is 5.55. The number of amides is 2. The van der Waals surface area contributed by atoms with Gasteiger partial charge in [0.15, 0.2) is 0 Å². The highest BCUT2D eigenvalue weighted by molar-refractivity contribution is 8.00. The summed E-state index contributed by atoms with van der Waals surface area (Å²) in [7, 11) is 0. The molecule has 4 rings (SSSR count). The van der Waals surface area contributed by atoms with E-state index in [4.69, 9.17) is 0 Å². The lowest BCUT2D eigenvalue weighted by Gasteiger charge is -2.25. The SMILES string of the molecule is Cc1ccc(F)c(N2C(=O)CS[C@H]2c2ccc(NC(=O)c3ccccc3F)cc2)c1. The average molecular weight is 424 g/mol. The summed E-state index contributed by atoms with van der Waals surface area (Å²) in [6.07, 6.45) is 0. The van der Waals surface area contributed by atoms with Crippen LogP contribution in [0, 0.1) is 18.6 Å². The molecule has 0 aliphatic carbocycles. The fraction of sp³-hybridized carbons (Fsp3) is 0.130. The number of thioether (sulfide) groups is 1. The molecule has 30 heavy (non-hydrogen) atoms. The molecule has 1 aliphatic rings. The number of nitrogens with one attached hydrogen (secondary N) is 1. The van der Waals surface area contributed by atoms with Gasteiger partial charge in [-0.2, -0.15) is 0 Å². The van der Waals surface area contributed by atoms with Crippen LogP contribution in [0.25, 0.3) is 0 Å². The molecule has 2 amide bonds. The molecule has 0 aromatic heterocycles. The van der Waals surface area contributed by atoms with Crippen molar-refractivity contribution in [3.05, 3.63) is 95.1 Å². The van der Waals surface area contributed by atoms with Crippen LogP contribution < -0.4 is 10.2 Å². The smallest absolute Gasteiger partial charge is 0.258 e. The number of anilines is 2. The van der Waals surface area contributed by atoms with E-state index in [0.29, 0.717) is 5.69 Å². The predicted octanol–water partition coefficient (Wildman–Crippen LogP) is 5.30. The highest BCUT2D eigenvalue weighted by Gasteiger charge is 2.35.